The summed E-state index contributed by atoms with van der Waals surface area (Å²) >= 11 is 0. The quantitative estimate of drug-likeness (QED) is 0.254. The molecule has 0 aromatic heterocycles. The summed E-state index contributed by atoms with van der Waals surface area (Å²) in [6.45, 7) is 8.12. The molecule has 7 rings (SSSR count). The second-order valence-corrected chi connectivity index (χ2v) is 15.2. The van der Waals surface area contributed by atoms with Crippen molar-refractivity contribution in [3.63, 3.8) is 0 Å². The fourth-order valence-electron chi connectivity index (χ4n) is 8.28. The molecule has 2 saturated heterocycles. The van der Waals surface area contributed by atoms with Crippen LogP contribution in [0.15, 0.2) is 40.3 Å². The molecule has 5 heterocycles. The van der Waals surface area contributed by atoms with E-state index in [9.17, 15) is 14.4 Å². The second-order valence-electron chi connectivity index (χ2n) is 15.2. The summed E-state index contributed by atoms with van der Waals surface area (Å²) in [7, 11) is 2.76. The fourth-order valence-corrected chi connectivity index (χ4v) is 8.28. The molecule has 13 nitrogen and oxygen atoms in total. The highest BCUT2D eigenvalue weighted by Gasteiger charge is 2.41. The van der Waals surface area contributed by atoms with Crippen LogP contribution in [0.5, 0.6) is 11.5 Å². The average molecular weight is 746 g/mol. The summed E-state index contributed by atoms with van der Waals surface area (Å²) < 4.78 is 32.3. The molecule has 0 spiro atoms. The summed E-state index contributed by atoms with van der Waals surface area (Å²) in [6, 6.07) is 7.76. The molecule has 14 heteroatoms. The monoisotopic (exact) mass is 745 g/mol. The zero-order chi connectivity index (χ0) is 38.1. The number of carbonyl (C=O) groups excluding carboxylic acids is 3. The molecule has 3 N–H and O–H groups in total. The van der Waals surface area contributed by atoms with Crippen molar-refractivity contribution in [2.75, 3.05) is 40.4 Å². The van der Waals surface area contributed by atoms with Crippen LogP contribution in [-0.4, -0.2) is 104 Å². The van der Waals surface area contributed by atoms with Crippen LogP contribution in [0.2, 0.25) is 0 Å². The highest BCUT2D eigenvalue weighted by molar-refractivity contribution is 5.96. The number of nitrogens with one attached hydrogen (secondary N) is 3. The lowest BCUT2D eigenvalue weighted by Crippen LogP contribution is -2.57. The first-order valence-corrected chi connectivity index (χ1v) is 19.3. The molecule has 2 aromatic carbocycles. The Bertz CT molecular complexity index is 1840. The molecule has 54 heavy (non-hydrogen) atoms. The summed E-state index contributed by atoms with van der Waals surface area (Å²) in [5.41, 5.74) is 3.26. The normalized spacial score (nSPS) is 24.6. The van der Waals surface area contributed by atoms with Gasteiger partial charge in [-0.1, -0.05) is 26.3 Å². The molecular formula is C40H52FN7O6. The van der Waals surface area contributed by atoms with E-state index in [4.69, 9.17) is 24.2 Å². The number of likely N-dealkylation sites (tertiary alicyclic amines) is 2. The minimum absolute atomic E-state index is 0.0904. The highest BCUT2D eigenvalue weighted by atomic mass is 19.1. The molecule has 2 aromatic rings. The number of aliphatic imine (C=N–C) groups is 2. The third kappa shape index (κ3) is 7.49. The van der Waals surface area contributed by atoms with Crippen molar-refractivity contribution in [3.05, 3.63) is 58.4 Å². The zero-order valence-electron chi connectivity index (χ0n) is 31.8. The number of methoxy groups -OCH3 is 2. The van der Waals surface area contributed by atoms with Crippen molar-refractivity contribution in [3.8, 4) is 11.5 Å². The van der Waals surface area contributed by atoms with Crippen LogP contribution in [0.4, 0.5) is 9.18 Å². The number of hydrogen-bond acceptors (Lipinski definition) is 10. The van der Waals surface area contributed by atoms with Gasteiger partial charge in [0.25, 0.3) is 0 Å². The number of ether oxygens (including phenoxy) is 3. The van der Waals surface area contributed by atoms with Crippen molar-refractivity contribution >= 4 is 29.6 Å². The average Bonchev–Trinajstić information content (AvgIpc) is 4.01. The Morgan fingerprint density at radius 1 is 0.944 bits per heavy atom. The highest BCUT2D eigenvalue weighted by Crippen LogP contribution is 2.41. The number of fused-ring (bicyclic) bond motifs is 2. The van der Waals surface area contributed by atoms with Crippen LogP contribution in [0.25, 0.3) is 0 Å². The predicted molar refractivity (Wildman–Crippen MR) is 201 cm³/mol. The van der Waals surface area contributed by atoms with Gasteiger partial charge in [0, 0.05) is 44.2 Å². The van der Waals surface area contributed by atoms with Crippen molar-refractivity contribution in [2.45, 2.75) is 102 Å². The first kappa shape index (κ1) is 37.6. The van der Waals surface area contributed by atoms with Gasteiger partial charge in [-0.25, -0.2) is 9.18 Å². The predicted octanol–water partition coefficient (Wildman–Crippen LogP) is 4.79. The van der Waals surface area contributed by atoms with Crippen LogP contribution in [-0.2, 0) is 25.5 Å². The minimum Gasteiger partial charge on any atom is -0.457 e. The largest absolute Gasteiger partial charge is 0.457 e. The summed E-state index contributed by atoms with van der Waals surface area (Å²) in [5, 5.41) is 9.64. The molecule has 0 bridgehead atoms. The van der Waals surface area contributed by atoms with Crippen LogP contribution in [0, 0.1) is 11.7 Å². The molecule has 2 fully saturated rings. The molecule has 0 radical (unpaired) electrons. The maximum atomic E-state index is 15.8. The van der Waals surface area contributed by atoms with Crippen molar-refractivity contribution in [2.24, 2.45) is 15.9 Å². The van der Waals surface area contributed by atoms with E-state index in [0.29, 0.717) is 49.7 Å². The molecular weight excluding hydrogens is 693 g/mol. The SMILES string of the molecule is CC[C@H](C)CC(=O)N1CCC[C@H]1C1=NCC(c2cc3c(cc2F)Cc2cc(C4CN=C([C@@H]5CCCN5C(=O)[C@@H](NC(=O)OC)[C@@H](C)OC)N4)ccc2O3)N1. The number of benzene rings is 2. The molecule has 2 unspecified atom stereocenters. The molecule has 5 aliphatic heterocycles. The van der Waals surface area contributed by atoms with E-state index < -0.39 is 18.2 Å². The third-order valence-electron chi connectivity index (χ3n) is 11.7. The summed E-state index contributed by atoms with van der Waals surface area (Å²) in [4.78, 5) is 52.0. The van der Waals surface area contributed by atoms with Crippen LogP contribution in [0.1, 0.15) is 93.6 Å². The van der Waals surface area contributed by atoms with Gasteiger partial charge in [0.05, 0.1) is 50.5 Å². The van der Waals surface area contributed by atoms with E-state index in [1.807, 2.05) is 17.0 Å². The van der Waals surface area contributed by atoms with Crippen LogP contribution in [0.3, 0.4) is 0 Å². The Hall–Kier alpha value is -4.72. The van der Waals surface area contributed by atoms with E-state index in [2.05, 4.69) is 35.9 Å². The van der Waals surface area contributed by atoms with E-state index in [-0.39, 0.29) is 41.8 Å². The number of halogens is 1. The lowest BCUT2D eigenvalue weighted by atomic mass is 9.94. The molecule has 7 atom stereocenters. The van der Waals surface area contributed by atoms with Gasteiger partial charge < -0.3 is 40.0 Å². The summed E-state index contributed by atoms with van der Waals surface area (Å²) in [6.07, 6.45) is 4.11. The van der Waals surface area contributed by atoms with Gasteiger partial charge >= 0.3 is 6.09 Å². The Morgan fingerprint density at radius 2 is 1.61 bits per heavy atom. The second kappa shape index (κ2) is 15.9. The number of alkyl carbamates (subject to hydrolysis) is 1. The Morgan fingerprint density at radius 3 is 2.31 bits per heavy atom. The van der Waals surface area contributed by atoms with Gasteiger partial charge in [-0.15, -0.1) is 0 Å². The van der Waals surface area contributed by atoms with Crippen LogP contribution < -0.4 is 20.7 Å². The number of nitrogens with zero attached hydrogens (tertiary/aromatic N) is 4. The van der Waals surface area contributed by atoms with E-state index in [0.717, 1.165) is 72.8 Å². The van der Waals surface area contributed by atoms with E-state index in [1.165, 1.54) is 14.2 Å². The number of rotatable bonds is 11. The van der Waals surface area contributed by atoms with Crippen molar-refractivity contribution in [1.29, 1.82) is 0 Å². The van der Waals surface area contributed by atoms with E-state index in [1.54, 1.807) is 24.0 Å². The first-order valence-electron chi connectivity index (χ1n) is 19.3. The van der Waals surface area contributed by atoms with Gasteiger partial charge in [-0.05, 0) is 73.9 Å². The maximum absolute atomic E-state index is 15.8. The summed E-state index contributed by atoms with van der Waals surface area (Å²) in [5.74, 6) is 2.82. The topological polar surface area (TPSA) is 146 Å². The number of carbonyl (C=O) groups is 3. The molecule has 290 valence electrons. The van der Waals surface area contributed by atoms with Crippen molar-refractivity contribution in [1.82, 2.24) is 25.8 Å². The smallest absolute Gasteiger partial charge is 0.407 e. The van der Waals surface area contributed by atoms with Gasteiger partial charge in [-0.3, -0.25) is 19.6 Å². The molecule has 5 aliphatic rings. The lowest BCUT2D eigenvalue weighted by molar-refractivity contribution is -0.136. The molecule has 0 aliphatic carbocycles. The van der Waals surface area contributed by atoms with E-state index >= 15 is 4.39 Å². The fraction of sp³-hybridized carbons (Fsp3) is 0.575. The van der Waals surface area contributed by atoms with Gasteiger partial charge in [-0.2, -0.15) is 0 Å². The lowest BCUT2D eigenvalue weighted by Gasteiger charge is -2.31. The molecule has 0 saturated carbocycles. The standard InChI is InChI=1S/C40H52FN7O6/c1-6-22(2)15-35(49)47-13-7-9-31(47)37-43-21-30(45-37)27-19-34-26(18-28(27)41)17-25-16-24(11-12-33(25)54-34)29-20-42-38(44-29)32-10-8-14-48(32)39(50)36(23(3)52-4)46-40(51)53-5/h11-12,16,18-19,22-23,29-32,36H,6-10,13-15,17,20-21H2,1-5H3,(H,42,44)(H,43,45)(H,46,51)/t22-,23+,29?,30?,31-,32-,36-/m0/s1. The maximum Gasteiger partial charge on any atom is 0.407 e. The minimum atomic E-state index is -0.899. The van der Waals surface area contributed by atoms with Gasteiger partial charge in [0.1, 0.15) is 35.0 Å². The molecule has 3 amide bonds. The zero-order valence-corrected chi connectivity index (χ0v) is 31.8. The number of amidine groups is 2. The number of hydrogen-bond donors (Lipinski definition) is 3. The Kier molecular flexibility index (Phi) is 11.1. The van der Waals surface area contributed by atoms with Gasteiger partial charge in [0.15, 0.2) is 0 Å². The van der Waals surface area contributed by atoms with Crippen molar-refractivity contribution < 1.29 is 33.0 Å². The Labute approximate surface area is 316 Å². The van der Waals surface area contributed by atoms with Gasteiger partial charge in [0.2, 0.25) is 11.8 Å². The first-order chi connectivity index (χ1) is 26.1. The Balaban J connectivity index is 0.988. The third-order valence-corrected chi connectivity index (χ3v) is 11.7. The van der Waals surface area contributed by atoms with Crippen LogP contribution >= 0.6 is 0 Å². The number of amides is 3.